The molecule has 0 saturated carbocycles. The molecule has 5 N–H and O–H groups in total. The minimum atomic E-state index is 0.514. The van der Waals surface area contributed by atoms with Gasteiger partial charge in [-0.3, -0.25) is 11.7 Å². The van der Waals surface area contributed by atoms with E-state index in [0.29, 0.717) is 6.67 Å². The lowest BCUT2D eigenvalue weighted by molar-refractivity contribution is 0.321. The number of hydrogen-bond donors (Lipinski definition) is 3. The number of hydrazine groups is 2. The van der Waals surface area contributed by atoms with Crippen molar-refractivity contribution in [2.24, 2.45) is 11.7 Å². The maximum atomic E-state index is 5.09. The fourth-order valence-electron chi connectivity index (χ4n) is 0.144. The van der Waals surface area contributed by atoms with Crippen molar-refractivity contribution in [3.8, 4) is 0 Å². The van der Waals surface area contributed by atoms with E-state index >= 15 is 0 Å². The van der Waals surface area contributed by atoms with Crippen molar-refractivity contribution in [3.63, 3.8) is 0 Å². The quantitative estimate of drug-likeness (QED) is 0.213. The molecule has 38 valence electrons. The van der Waals surface area contributed by atoms with E-state index in [2.05, 4.69) is 5.43 Å². The third-order valence-corrected chi connectivity index (χ3v) is 0.341. The van der Waals surface area contributed by atoms with Crippen molar-refractivity contribution in [1.82, 2.24) is 10.4 Å². The van der Waals surface area contributed by atoms with Gasteiger partial charge in [-0.1, -0.05) is 0 Å². The van der Waals surface area contributed by atoms with Crippen molar-refractivity contribution >= 4 is 0 Å². The molecule has 0 amide bonds. The number of nitrogens with zero attached hydrogens (tertiary/aromatic N) is 1. The molecule has 0 aromatic rings. The molecule has 0 spiro atoms. The lowest BCUT2D eigenvalue weighted by Gasteiger charge is -2.05. The molecule has 0 aromatic carbocycles. The van der Waals surface area contributed by atoms with E-state index in [1.165, 1.54) is 5.01 Å². The molecule has 0 aliphatic carbocycles. The molecule has 0 rings (SSSR count). The van der Waals surface area contributed by atoms with Gasteiger partial charge < -0.3 is 0 Å². The highest BCUT2D eigenvalue weighted by atomic mass is 15.5. The number of nitrogens with two attached hydrogens (primary N) is 2. The molecule has 0 aromatic heterocycles. The first kappa shape index (κ1) is 5.84. The van der Waals surface area contributed by atoms with Crippen molar-refractivity contribution in [2.75, 3.05) is 13.7 Å². The number of nitrogens with one attached hydrogen (secondary N) is 1. The van der Waals surface area contributed by atoms with Gasteiger partial charge in [0.2, 0.25) is 0 Å². The maximum Gasteiger partial charge on any atom is 0.0743 e. The van der Waals surface area contributed by atoms with Crippen LogP contribution in [-0.4, -0.2) is 18.7 Å². The fraction of sp³-hybridized carbons (Fsp3) is 1.00. The van der Waals surface area contributed by atoms with Crippen LogP contribution in [0.1, 0.15) is 0 Å². The van der Waals surface area contributed by atoms with Gasteiger partial charge in [-0.15, -0.1) is 0 Å². The smallest absolute Gasteiger partial charge is 0.0743 e. The predicted octanol–water partition coefficient (Wildman–Crippen LogP) is -1.79. The van der Waals surface area contributed by atoms with Crippen LogP contribution in [0, 0.1) is 0 Å². The number of hydrogen-bond acceptors (Lipinski definition) is 4. The van der Waals surface area contributed by atoms with E-state index in [1.54, 1.807) is 7.05 Å². The van der Waals surface area contributed by atoms with E-state index in [1.807, 2.05) is 0 Å². The summed E-state index contributed by atoms with van der Waals surface area (Å²) in [6, 6.07) is 0. The summed E-state index contributed by atoms with van der Waals surface area (Å²) in [6.07, 6.45) is 0. The SMILES string of the molecule is CN(N)CNN. The summed E-state index contributed by atoms with van der Waals surface area (Å²) >= 11 is 0. The molecule has 0 unspecified atom stereocenters. The first-order chi connectivity index (χ1) is 2.77. The highest BCUT2D eigenvalue weighted by Crippen LogP contribution is 1.52. The summed E-state index contributed by atoms with van der Waals surface area (Å²) in [5, 5.41) is 1.44. The third-order valence-electron chi connectivity index (χ3n) is 0.341. The standard InChI is InChI=1S/C2H10N4/c1-6(4)2-5-3/h5H,2-4H2,1H3. The van der Waals surface area contributed by atoms with Crippen molar-refractivity contribution in [2.45, 2.75) is 0 Å². The van der Waals surface area contributed by atoms with Gasteiger partial charge in [-0.05, 0) is 0 Å². The van der Waals surface area contributed by atoms with E-state index in [4.69, 9.17) is 11.7 Å². The van der Waals surface area contributed by atoms with Gasteiger partial charge in [0.05, 0.1) is 6.67 Å². The van der Waals surface area contributed by atoms with E-state index in [9.17, 15) is 0 Å². The van der Waals surface area contributed by atoms with Crippen LogP contribution in [0.15, 0.2) is 0 Å². The second kappa shape index (κ2) is 3.05. The fourth-order valence-corrected chi connectivity index (χ4v) is 0.144. The minimum Gasteiger partial charge on any atom is -0.270 e. The Balaban J connectivity index is 2.63. The molecule has 6 heavy (non-hydrogen) atoms. The van der Waals surface area contributed by atoms with Crippen LogP contribution in [0.5, 0.6) is 0 Å². The highest BCUT2D eigenvalue weighted by molar-refractivity contribution is 4.23. The first-order valence-electron chi connectivity index (χ1n) is 1.66. The molecule has 4 heteroatoms. The van der Waals surface area contributed by atoms with Gasteiger partial charge in [0.15, 0.2) is 0 Å². The monoisotopic (exact) mass is 90.1 g/mol. The summed E-state index contributed by atoms with van der Waals surface area (Å²) in [5.41, 5.74) is 2.37. The zero-order valence-corrected chi connectivity index (χ0v) is 3.81. The van der Waals surface area contributed by atoms with Gasteiger partial charge >= 0.3 is 0 Å². The minimum absolute atomic E-state index is 0.514. The topological polar surface area (TPSA) is 67.3 Å². The largest absolute Gasteiger partial charge is 0.270 e. The van der Waals surface area contributed by atoms with Gasteiger partial charge in [-0.25, -0.2) is 10.4 Å². The average molecular weight is 90.1 g/mol. The number of rotatable bonds is 2. The molecular weight excluding hydrogens is 80.1 g/mol. The maximum absolute atomic E-state index is 5.09. The Morgan fingerprint density at radius 1 is 1.83 bits per heavy atom. The second-order valence-corrected chi connectivity index (χ2v) is 1.12. The van der Waals surface area contributed by atoms with E-state index in [0.717, 1.165) is 0 Å². The van der Waals surface area contributed by atoms with Gasteiger partial charge in [0.1, 0.15) is 0 Å². The molecule has 0 heterocycles. The van der Waals surface area contributed by atoms with Crippen LogP contribution < -0.4 is 17.1 Å². The van der Waals surface area contributed by atoms with Gasteiger partial charge in [-0.2, -0.15) is 0 Å². The molecule has 0 fully saturated rings. The molecule has 0 aliphatic rings. The molecule has 0 atom stereocenters. The third kappa shape index (κ3) is 3.84. The summed E-state index contributed by atoms with van der Waals surface area (Å²) in [4.78, 5) is 0. The molecule has 0 bridgehead atoms. The second-order valence-electron chi connectivity index (χ2n) is 1.12. The zero-order valence-electron chi connectivity index (χ0n) is 3.81. The summed E-state index contributed by atoms with van der Waals surface area (Å²) in [7, 11) is 1.72. The van der Waals surface area contributed by atoms with E-state index in [-0.39, 0.29) is 0 Å². The molecule has 4 nitrogen and oxygen atoms in total. The van der Waals surface area contributed by atoms with E-state index < -0.39 is 0 Å². The molecular formula is C2H10N4. The Hall–Kier alpha value is -0.160. The summed E-state index contributed by atoms with van der Waals surface area (Å²) < 4.78 is 0. The van der Waals surface area contributed by atoms with Crippen LogP contribution in [0.2, 0.25) is 0 Å². The molecule has 0 aliphatic heterocycles. The van der Waals surface area contributed by atoms with Crippen LogP contribution >= 0.6 is 0 Å². The van der Waals surface area contributed by atoms with Crippen molar-refractivity contribution < 1.29 is 0 Å². The van der Waals surface area contributed by atoms with Gasteiger partial charge in [0, 0.05) is 7.05 Å². The Labute approximate surface area is 37.0 Å². The van der Waals surface area contributed by atoms with Crippen molar-refractivity contribution in [1.29, 1.82) is 0 Å². The Kier molecular flexibility index (Phi) is 2.97. The van der Waals surface area contributed by atoms with Crippen LogP contribution in [-0.2, 0) is 0 Å². The molecule has 0 radical (unpaired) electrons. The average Bonchev–Trinajstić information content (AvgIpc) is 1.35. The predicted molar refractivity (Wildman–Crippen MR) is 24.1 cm³/mol. The normalized spacial score (nSPS) is 10.0. The highest BCUT2D eigenvalue weighted by Gasteiger charge is 1.78. The van der Waals surface area contributed by atoms with Crippen molar-refractivity contribution in [3.05, 3.63) is 0 Å². The lowest BCUT2D eigenvalue weighted by atomic mass is 11.0. The zero-order chi connectivity index (χ0) is 4.99. The van der Waals surface area contributed by atoms with Crippen LogP contribution in [0.4, 0.5) is 0 Å². The summed E-state index contributed by atoms with van der Waals surface area (Å²) in [5.74, 6) is 9.95. The van der Waals surface area contributed by atoms with Gasteiger partial charge in [0.25, 0.3) is 0 Å². The Morgan fingerprint density at radius 2 is 2.33 bits per heavy atom. The lowest BCUT2D eigenvalue weighted by Crippen LogP contribution is -2.39. The Morgan fingerprint density at radius 3 is 2.33 bits per heavy atom. The Bertz CT molecular complexity index is 26.7. The first-order valence-corrected chi connectivity index (χ1v) is 1.66. The van der Waals surface area contributed by atoms with Crippen LogP contribution in [0.25, 0.3) is 0 Å². The molecule has 0 saturated heterocycles. The summed E-state index contributed by atoms with van der Waals surface area (Å²) in [6.45, 7) is 0.514. The van der Waals surface area contributed by atoms with Crippen LogP contribution in [0.3, 0.4) is 0 Å².